The Morgan fingerprint density at radius 3 is 2.68 bits per heavy atom. The van der Waals surface area contributed by atoms with Crippen molar-refractivity contribution in [1.82, 2.24) is 0 Å². The van der Waals surface area contributed by atoms with Gasteiger partial charge in [-0.3, -0.25) is 15.4 Å². The molecular formula is C13H16N2O4. The zero-order valence-corrected chi connectivity index (χ0v) is 11.0. The minimum Gasteiger partial charge on any atom is -0.444 e. The van der Waals surface area contributed by atoms with E-state index in [0.29, 0.717) is 11.3 Å². The van der Waals surface area contributed by atoms with Crippen molar-refractivity contribution >= 4 is 17.9 Å². The van der Waals surface area contributed by atoms with Crippen LogP contribution in [0.2, 0.25) is 0 Å². The standard InChI is InChI=1S/C13H16N2O4/c1-13(2,3)19-12(16)14-11-6-4-5-10(9-11)7-8-15(17)18/h4-9H,1-3H3,(H,14,16)/b8-7+. The van der Waals surface area contributed by atoms with Crippen LogP contribution in [0.15, 0.2) is 30.5 Å². The van der Waals surface area contributed by atoms with Crippen LogP contribution in [0, 0.1) is 10.1 Å². The van der Waals surface area contributed by atoms with Gasteiger partial charge in [-0.1, -0.05) is 12.1 Å². The Hall–Kier alpha value is -2.37. The van der Waals surface area contributed by atoms with Crippen molar-refractivity contribution < 1.29 is 14.5 Å². The molecule has 19 heavy (non-hydrogen) atoms. The van der Waals surface area contributed by atoms with Gasteiger partial charge in [0.15, 0.2) is 0 Å². The van der Waals surface area contributed by atoms with Crippen LogP contribution in [0.3, 0.4) is 0 Å². The maximum Gasteiger partial charge on any atom is 0.412 e. The number of benzene rings is 1. The van der Waals surface area contributed by atoms with Crippen LogP contribution in [0.1, 0.15) is 26.3 Å². The molecule has 0 unspecified atom stereocenters. The summed E-state index contributed by atoms with van der Waals surface area (Å²) in [6.07, 6.45) is 1.62. The Balaban J connectivity index is 2.72. The molecule has 1 aromatic carbocycles. The number of carbonyl (C=O) groups is 1. The number of anilines is 1. The van der Waals surface area contributed by atoms with Crippen LogP contribution >= 0.6 is 0 Å². The van der Waals surface area contributed by atoms with E-state index >= 15 is 0 Å². The number of nitrogens with zero attached hydrogens (tertiary/aromatic N) is 1. The summed E-state index contributed by atoms with van der Waals surface area (Å²) in [7, 11) is 0. The molecule has 0 saturated heterocycles. The highest BCUT2D eigenvalue weighted by Crippen LogP contribution is 2.14. The average molecular weight is 264 g/mol. The summed E-state index contributed by atoms with van der Waals surface area (Å²) in [4.78, 5) is 21.2. The van der Waals surface area contributed by atoms with Crippen molar-refractivity contribution in [2.75, 3.05) is 5.32 Å². The van der Waals surface area contributed by atoms with Gasteiger partial charge in [0.1, 0.15) is 5.60 Å². The summed E-state index contributed by atoms with van der Waals surface area (Å²) in [5.41, 5.74) is 0.553. The van der Waals surface area contributed by atoms with Crippen LogP contribution in [0.5, 0.6) is 0 Å². The topological polar surface area (TPSA) is 81.5 Å². The van der Waals surface area contributed by atoms with E-state index in [1.807, 2.05) is 0 Å². The molecule has 1 N–H and O–H groups in total. The third-order valence-corrected chi connectivity index (χ3v) is 1.92. The maximum atomic E-state index is 11.5. The number of carbonyl (C=O) groups excluding carboxylic acids is 1. The third-order valence-electron chi connectivity index (χ3n) is 1.92. The Morgan fingerprint density at radius 2 is 2.11 bits per heavy atom. The Kier molecular flexibility index (Phi) is 4.63. The van der Waals surface area contributed by atoms with Crippen molar-refractivity contribution in [2.24, 2.45) is 0 Å². The fourth-order valence-corrected chi connectivity index (χ4v) is 1.29. The van der Waals surface area contributed by atoms with Crippen LogP contribution in [-0.4, -0.2) is 16.6 Å². The van der Waals surface area contributed by atoms with E-state index in [2.05, 4.69) is 5.32 Å². The zero-order valence-electron chi connectivity index (χ0n) is 11.0. The van der Waals surface area contributed by atoms with Gasteiger partial charge in [-0.25, -0.2) is 4.79 Å². The smallest absolute Gasteiger partial charge is 0.412 e. The van der Waals surface area contributed by atoms with E-state index in [1.165, 1.54) is 6.08 Å². The molecule has 1 rings (SSSR count). The first-order valence-electron chi connectivity index (χ1n) is 5.68. The lowest BCUT2D eigenvalue weighted by Crippen LogP contribution is -2.27. The van der Waals surface area contributed by atoms with Gasteiger partial charge in [0, 0.05) is 11.8 Å². The fraction of sp³-hybridized carbons (Fsp3) is 0.308. The highest BCUT2D eigenvalue weighted by molar-refractivity contribution is 5.85. The van der Waals surface area contributed by atoms with Crippen molar-refractivity contribution in [3.8, 4) is 0 Å². The van der Waals surface area contributed by atoms with Gasteiger partial charge in [0.2, 0.25) is 6.20 Å². The summed E-state index contributed by atoms with van der Waals surface area (Å²) >= 11 is 0. The lowest BCUT2D eigenvalue weighted by atomic mass is 10.2. The van der Waals surface area contributed by atoms with Crippen molar-refractivity contribution in [1.29, 1.82) is 0 Å². The van der Waals surface area contributed by atoms with Crippen molar-refractivity contribution in [2.45, 2.75) is 26.4 Å². The molecule has 6 nitrogen and oxygen atoms in total. The second-order valence-corrected chi connectivity index (χ2v) is 4.85. The molecule has 0 fully saturated rings. The lowest BCUT2D eigenvalue weighted by Gasteiger charge is -2.19. The molecule has 6 heteroatoms. The third kappa shape index (κ3) is 6.21. The molecule has 0 aliphatic carbocycles. The van der Waals surface area contributed by atoms with Crippen LogP contribution in [-0.2, 0) is 4.74 Å². The van der Waals surface area contributed by atoms with Gasteiger partial charge in [0.05, 0.1) is 4.92 Å². The molecule has 0 atom stereocenters. The number of ether oxygens (including phenoxy) is 1. The van der Waals surface area contributed by atoms with Gasteiger partial charge in [-0.05, 0) is 38.5 Å². The summed E-state index contributed by atoms with van der Waals surface area (Å²) in [5, 5.41) is 12.8. The molecule has 0 aliphatic heterocycles. The molecule has 1 aromatic rings. The molecule has 0 aliphatic rings. The predicted molar refractivity (Wildman–Crippen MR) is 72.3 cm³/mol. The number of nitrogens with one attached hydrogen (secondary N) is 1. The summed E-state index contributed by atoms with van der Waals surface area (Å²) in [6.45, 7) is 5.30. The van der Waals surface area contributed by atoms with Crippen LogP contribution in [0.25, 0.3) is 6.08 Å². The maximum absolute atomic E-state index is 11.5. The van der Waals surface area contributed by atoms with E-state index in [1.54, 1.807) is 45.0 Å². The molecular weight excluding hydrogens is 248 g/mol. The summed E-state index contributed by atoms with van der Waals surface area (Å²) in [6, 6.07) is 6.67. The lowest BCUT2D eigenvalue weighted by molar-refractivity contribution is -0.400. The van der Waals surface area contributed by atoms with Gasteiger partial charge in [-0.2, -0.15) is 0 Å². The number of hydrogen-bond acceptors (Lipinski definition) is 4. The molecule has 1 amide bonds. The summed E-state index contributed by atoms with van der Waals surface area (Å²) in [5.74, 6) is 0. The van der Waals surface area contributed by atoms with E-state index < -0.39 is 16.6 Å². The van der Waals surface area contributed by atoms with Gasteiger partial charge >= 0.3 is 6.09 Å². The van der Waals surface area contributed by atoms with Crippen LogP contribution < -0.4 is 5.32 Å². The Morgan fingerprint density at radius 1 is 1.42 bits per heavy atom. The number of amides is 1. The predicted octanol–water partition coefficient (Wildman–Crippen LogP) is 3.28. The molecule has 102 valence electrons. The highest BCUT2D eigenvalue weighted by Gasteiger charge is 2.16. The van der Waals surface area contributed by atoms with E-state index in [-0.39, 0.29) is 0 Å². The largest absolute Gasteiger partial charge is 0.444 e. The molecule has 0 radical (unpaired) electrons. The fourth-order valence-electron chi connectivity index (χ4n) is 1.29. The van der Waals surface area contributed by atoms with Gasteiger partial charge < -0.3 is 4.74 Å². The number of hydrogen-bond donors (Lipinski definition) is 1. The second-order valence-electron chi connectivity index (χ2n) is 4.85. The van der Waals surface area contributed by atoms with E-state index in [9.17, 15) is 14.9 Å². The molecule has 0 bridgehead atoms. The minimum absolute atomic E-state index is 0.514. The Bertz CT molecular complexity index is 504. The first kappa shape index (κ1) is 14.7. The Labute approximate surface area is 111 Å². The number of rotatable bonds is 3. The zero-order chi connectivity index (χ0) is 14.5. The van der Waals surface area contributed by atoms with Crippen molar-refractivity contribution in [3.63, 3.8) is 0 Å². The first-order valence-corrected chi connectivity index (χ1v) is 5.68. The second kappa shape index (κ2) is 5.99. The van der Waals surface area contributed by atoms with E-state index in [4.69, 9.17) is 4.74 Å². The quantitative estimate of drug-likeness (QED) is 0.671. The normalized spacial score (nSPS) is 11.3. The molecule has 0 aromatic heterocycles. The molecule has 0 saturated carbocycles. The minimum atomic E-state index is -0.576. The monoisotopic (exact) mass is 264 g/mol. The van der Waals surface area contributed by atoms with Gasteiger partial charge in [0.25, 0.3) is 0 Å². The van der Waals surface area contributed by atoms with Crippen LogP contribution in [0.4, 0.5) is 10.5 Å². The first-order chi connectivity index (χ1) is 8.76. The number of nitro groups is 1. The van der Waals surface area contributed by atoms with Crippen molar-refractivity contribution in [3.05, 3.63) is 46.1 Å². The average Bonchev–Trinajstić information content (AvgIpc) is 2.24. The van der Waals surface area contributed by atoms with E-state index in [0.717, 1.165) is 6.20 Å². The molecule has 0 heterocycles. The SMILES string of the molecule is CC(C)(C)OC(=O)Nc1cccc(/C=C/[N+](=O)[O-])c1. The summed E-state index contributed by atoms with van der Waals surface area (Å²) < 4.78 is 5.10. The highest BCUT2D eigenvalue weighted by atomic mass is 16.6. The molecule has 0 spiro atoms. The van der Waals surface area contributed by atoms with Gasteiger partial charge in [-0.15, -0.1) is 0 Å².